The van der Waals surface area contributed by atoms with Gasteiger partial charge >= 0.3 is 5.97 Å². The summed E-state index contributed by atoms with van der Waals surface area (Å²) >= 11 is 0. The molecule has 2 aromatic rings. The Bertz CT molecular complexity index is 604. The van der Waals surface area contributed by atoms with Crippen molar-refractivity contribution in [2.45, 2.75) is 32.7 Å². The number of hydrogen-bond acceptors (Lipinski definition) is 4. The predicted octanol–water partition coefficient (Wildman–Crippen LogP) is 2.73. The molecule has 1 aliphatic heterocycles. The number of piperidine rings is 1. The summed E-state index contributed by atoms with van der Waals surface area (Å²) < 4.78 is 5.14. The highest BCUT2D eigenvalue weighted by Gasteiger charge is 2.31. The van der Waals surface area contributed by atoms with Crippen LogP contribution in [-0.4, -0.2) is 35.1 Å². The molecular weight excluding hydrogens is 266 g/mol. The van der Waals surface area contributed by atoms with Crippen molar-refractivity contribution in [1.82, 2.24) is 9.97 Å². The number of carbonyl (C=O) groups excluding carboxylic acids is 1. The molecule has 0 saturated carbocycles. The van der Waals surface area contributed by atoms with Crippen molar-refractivity contribution in [2.75, 3.05) is 18.1 Å². The SMILES string of the molecule is CCOC(=O)C1CCN(c2nc3ccccc3[nH]2)C(C)C1. The Kier molecular flexibility index (Phi) is 3.82. The molecule has 0 amide bonds. The number of aromatic amines is 1. The lowest BCUT2D eigenvalue weighted by Crippen LogP contribution is -2.43. The normalized spacial score (nSPS) is 22.5. The van der Waals surface area contributed by atoms with Gasteiger partial charge in [-0.2, -0.15) is 0 Å². The van der Waals surface area contributed by atoms with Gasteiger partial charge in [-0.1, -0.05) is 12.1 Å². The lowest BCUT2D eigenvalue weighted by molar-refractivity contribution is -0.149. The zero-order valence-corrected chi connectivity index (χ0v) is 12.5. The Morgan fingerprint density at radius 2 is 2.29 bits per heavy atom. The second-order valence-electron chi connectivity index (χ2n) is 5.59. The number of hydrogen-bond donors (Lipinski definition) is 1. The molecule has 1 aromatic heterocycles. The molecule has 0 aliphatic carbocycles. The van der Waals surface area contributed by atoms with Crippen molar-refractivity contribution in [1.29, 1.82) is 0 Å². The molecule has 112 valence electrons. The first kappa shape index (κ1) is 13.9. The predicted molar refractivity (Wildman–Crippen MR) is 82.3 cm³/mol. The van der Waals surface area contributed by atoms with Crippen molar-refractivity contribution in [3.05, 3.63) is 24.3 Å². The minimum atomic E-state index is -0.0615. The Morgan fingerprint density at radius 1 is 1.48 bits per heavy atom. The summed E-state index contributed by atoms with van der Waals surface area (Å²) in [5.74, 6) is 0.847. The molecule has 0 radical (unpaired) electrons. The minimum Gasteiger partial charge on any atom is -0.466 e. The van der Waals surface area contributed by atoms with Gasteiger partial charge < -0.3 is 14.6 Å². The van der Waals surface area contributed by atoms with E-state index in [2.05, 4.69) is 21.8 Å². The van der Waals surface area contributed by atoms with Crippen molar-refractivity contribution in [3.8, 4) is 0 Å². The molecule has 5 nitrogen and oxygen atoms in total. The summed E-state index contributed by atoms with van der Waals surface area (Å²) in [4.78, 5) is 22.1. The van der Waals surface area contributed by atoms with Gasteiger partial charge in [0, 0.05) is 12.6 Å². The number of rotatable bonds is 3. The van der Waals surface area contributed by atoms with Gasteiger partial charge in [0.2, 0.25) is 5.95 Å². The fourth-order valence-electron chi connectivity index (χ4n) is 3.04. The van der Waals surface area contributed by atoms with E-state index in [4.69, 9.17) is 4.74 Å². The number of carbonyl (C=O) groups is 1. The maximum absolute atomic E-state index is 11.9. The van der Waals surface area contributed by atoms with Crippen LogP contribution < -0.4 is 4.90 Å². The van der Waals surface area contributed by atoms with Crippen LogP contribution in [0.3, 0.4) is 0 Å². The standard InChI is InChI=1S/C16H21N3O2/c1-3-21-15(20)12-8-9-19(11(2)10-12)16-17-13-6-4-5-7-14(13)18-16/h4-7,11-12H,3,8-10H2,1-2H3,(H,17,18). The van der Waals surface area contributed by atoms with E-state index in [1.165, 1.54) is 0 Å². The molecule has 0 spiro atoms. The molecule has 2 unspecified atom stereocenters. The van der Waals surface area contributed by atoms with E-state index in [0.29, 0.717) is 6.61 Å². The van der Waals surface area contributed by atoms with Gasteiger partial charge in [0.1, 0.15) is 0 Å². The molecule has 5 heteroatoms. The van der Waals surface area contributed by atoms with Crippen LogP contribution in [0.5, 0.6) is 0 Å². The van der Waals surface area contributed by atoms with E-state index in [-0.39, 0.29) is 17.9 Å². The first-order chi connectivity index (χ1) is 10.2. The number of fused-ring (bicyclic) bond motifs is 1. The van der Waals surface area contributed by atoms with E-state index in [9.17, 15) is 4.79 Å². The summed E-state index contributed by atoms with van der Waals surface area (Å²) in [5.41, 5.74) is 2.03. The van der Waals surface area contributed by atoms with E-state index in [1.54, 1.807) is 0 Å². The van der Waals surface area contributed by atoms with E-state index in [1.807, 2.05) is 31.2 Å². The number of benzene rings is 1. The van der Waals surface area contributed by atoms with Crippen LogP contribution >= 0.6 is 0 Å². The Hall–Kier alpha value is -2.04. The Balaban J connectivity index is 1.74. The molecule has 1 aromatic carbocycles. The lowest BCUT2D eigenvalue weighted by atomic mass is 9.92. The average Bonchev–Trinajstić information content (AvgIpc) is 2.90. The summed E-state index contributed by atoms with van der Waals surface area (Å²) in [6, 6.07) is 8.30. The van der Waals surface area contributed by atoms with Crippen molar-refractivity contribution >= 4 is 23.0 Å². The van der Waals surface area contributed by atoms with Gasteiger partial charge in [0.25, 0.3) is 0 Å². The number of nitrogens with one attached hydrogen (secondary N) is 1. The molecule has 2 heterocycles. The monoisotopic (exact) mass is 287 g/mol. The first-order valence-electron chi connectivity index (χ1n) is 7.57. The van der Waals surface area contributed by atoms with Crippen LogP contribution in [0.2, 0.25) is 0 Å². The average molecular weight is 287 g/mol. The van der Waals surface area contributed by atoms with Crippen LogP contribution in [0, 0.1) is 5.92 Å². The molecule has 0 bridgehead atoms. The van der Waals surface area contributed by atoms with Gasteiger partial charge in [-0.05, 0) is 38.8 Å². The number of anilines is 1. The van der Waals surface area contributed by atoms with Crippen LogP contribution in [0.15, 0.2) is 24.3 Å². The van der Waals surface area contributed by atoms with Crippen LogP contribution in [0.25, 0.3) is 11.0 Å². The molecule has 1 saturated heterocycles. The third-order valence-corrected chi connectivity index (χ3v) is 4.15. The fourth-order valence-corrected chi connectivity index (χ4v) is 3.04. The van der Waals surface area contributed by atoms with Crippen LogP contribution in [-0.2, 0) is 9.53 Å². The molecular formula is C16H21N3O2. The topological polar surface area (TPSA) is 58.2 Å². The number of nitrogens with zero attached hydrogens (tertiary/aromatic N) is 2. The second-order valence-corrected chi connectivity index (χ2v) is 5.59. The fraction of sp³-hybridized carbons (Fsp3) is 0.500. The Labute approximate surface area is 124 Å². The number of H-pyrrole nitrogens is 1. The van der Waals surface area contributed by atoms with E-state index in [0.717, 1.165) is 36.4 Å². The van der Waals surface area contributed by atoms with Gasteiger partial charge in [-0.15, -0.1) is 0 Å². The van der Waals surface area contributed by atoms with Crippen molar-refractivity contribution in [3.63, 3.8) is 0 Å². The van der Waals surface area contributed by atoms with Crippen molar-refractivity contribution in [2.24, 2.45) is 5.92 Å². The molecule has 3 rings (SSSR count). The van der Waals surface area contributed by atoms with Crippen molar-refractivity contribution < 1.29 is 9.53 Å². The number of ether oxygens (including phenoxy) is 1. The quantitative estimate of drug-likeness (QED) is 0.882. The van der Waals surface area contributed by atoms with Gasteiger partial charge in [0.15, 0.2) is 0 Å². The van der Waals surface area contributed by atoms with Crippen LogP contribution in [0.1, 0.15) is 26.7 Å². The second kappa shape index (κ2) is 5.76. The first-order valence-corrected chi connectivity index (χ1v) is 7.57. The third-order valence-electron chi connectivity index (χ3n) is 4.15. The third kappa shape index (κ3) is 2.73. The van der Waals surface area contributed by atoms with E-state index >= 15 is 0 Å². The summed E-state index contributed by atoms with van der Waals surface area (Å²) in [5, 5.41) is 0. The highest BCUT2D eigenvalue weighted by Crippen LogP contribution is 2.28. The highest BCUT2D eigenvalue weighted by atomic mass is 16.5. The molecule has 21 heavy (non-hydrogen) atoms. The zero-order valence-electron chi connectivity index (χ0n) is 12.5. The van der Waals surface area contributed by atoms with Crippen LogP contribution in [0.4, 0.5) is 5.95 Å². The minimum absolute atomic E-state index is 0.0144. The molecule has 2 atom stereocenters. The maximum Gasteiger partial charge on any atom is 0.309 e. The van der Waals surface area contributed by atoms with E-state index < -0.39 is 0 Å². The van der Waals surface area contributed by atoms with Gasteiger partial charge in [-0.3, -0.25) is 4.79 Å². The smallest absolute Gasteiger partial charge is 0.309 e. The Morgan fingerprint density at radius 3 is 3.00 bits per heavy atom. The highest BCUT2D eigenvalue weighted by molar-refractivity contribution is 5.77. The molecule has 1 aliphatic rings. The largest absolute Gasteiger partial charge is 0.466 e. The molecule has 1 N–H and O–H groups in total. The number of para-hydroxylation sites is 2. The van der Waals surface area contributed by atoms with Gasteiger partial charge in [0.05, 0.1) is 23.6 Å². The summed E-state index contributed by atoms with van der Waals surface area (Å²) in [6.07, 6.45) is 1.64. The molecule has 1 fully saturated rings. The number of esters is 1. The zero-order chi connectivity index (χ0) is 14.8. The summed E-state index contributed by atoms with van der Waals surface area (Å²) in [6.45, 7) is 5.27. The lowest BCUT2D eigenvalue weighted by Gasteiger charge is -2.36. The summed E-state index contributed by atoms with van der Waals surface area (Å²) in [7, 11) is 0. The van der Waals surface area contributed by atoms with Gasteiger partial charge in [-0.25, -0.2) is 4.98 Å². The number of aromatic nitrogens is 2. The maximum atomic E-state index is 11.9. The number of imidazole rings is 1.